The number of morpholine rings is 1. The highest BCUT2D eigenvalue weighted by Gasteiger charge is 2.51. The van der Waals surface area contributed by atoms with E-state index in [9.17, 15) is 4.79 Å². The summed E-state index contributed by atoms with van der Waals surface area (Å²) in [6, 6.07) is 0. The van der Waals surface area contributed by atoms with E-state index in [1.54, 1.807) is 0 Å². The van der Waals surface area contributed by atoms with Crippen LogP contribution in [0.1, 0.15) is 6.92 Å². The summed E-state index contributed by atoms with van der Waals surface area (Å²) in [4.78, 5) is 16.1. The Morgan fingerprint density at radius 2 is 2.46 bits per heavy atom. The number of hydroxylamine groups is 3. The number of hydrogen-bond donors (Lipinski definition) is 1. The van der Waals surface area contributed by atoms with Crippen LogP contribution >= 0.6 is 0 Å². The zero-order valence-electron chi connectivity index (χ0n) is 7.78. The average molecular weight is 187 g/mol. The van der Waals surface area contributed by atoms with Crippen molar-refractivity contribution in [2.75, 3.05) is 32.8 Å². The maximum atomic E-state index is 10.6. The maximum absolute atomic E-state index is 10.6. The number of carbonyl (C=O) groups excluding carboxylic acids is 1. The summed E-state index contributed by atoms with van der Waals surface area (Å²) in [6.07, 6.45) is 0.00563. The molecule has 3 fully saturated rings. The quantitative estimate of drug-likeness (QED) is 0.591. The number of nitrogens with zero attached hydrogens (tertiary/aromatic N) is 1. The second-order valence-corrected chi connectivity index (χ2v) is 3.58. The molecule has 13 heavy (non-hydrogen) atoms. The van der Waals surface area contributed by atoms with E-state index in [2.05, 4.69) is 5.32 Å². The van der Waals surface area contributed by atoms with Crippen LogP contribution in [0.15, 0.2) is 0 Å². The predicted octanol–water partition coefficient (Wildman–Crippen LogP) is -0.759. The lowest BCUT2D eigenvalue weighted by atomic mass is 10.3. The minimum atomic E-state index is 0.00563. The van der Waals surface area contributed by atoms with Crippen molar-refractivity contribution < 1.29 is 19.0 Å². The van der Waals surface area contributed by atoms with Crippen molar-refractivity contribution in [2.24, 2.45) is 0 Å². The van der Waals surface area contributed by atoms with Gasteiger partial charge in [0.15, 0.2) is 6.54 Å². The standard InChI is InChI=1S/C8H14N2O3/c1-7(11)9-2-3-10-4-5-12-8(6-10)13-10/h8H,2-6H2,1H3/p+1. The van der Waals surface area contributed by atoms with Gasteiger partial charge in [-0.05, 0) is 0 Å². The van der Waals surface area contributed by atoms with Crippen LogP contribution in [0.2, 0.25) is 0 Å². The molecule has 0 saturated carbocycles. The van der Waals surface area contributed by atoms with E-state index in [0.29, 0.717) is 11.2 Å². The lowest BCUT2D eigenvalue weighted by molar-refractivity contribution is -1.18. The van der Waals surface area contributed by atoms with E-state index in [0.717, 1.165) is 26.2 Å². The van der Waals surface area contributed by atoms with E-state index >= 15 is 0 Å². The summed E-state index contributed by atoms with van der Waals surface area (Å²) in [7, 11) is 0. The Kier molecular flexibility index (Phi) is 2.23. The molecule has 2 unspecified atom stereocenters. The third-order valence-electron chi connectivity index (χ3n) is 2.52. The van der Waals surface area contributed by atoms with Crippen LogP contribution in [0.4, 0.5) is 0 Å². The van der Waals surface area contributed by atoms with Crippen LogP contribution in [0.25, 0.3) is 0 Å². The predicted molar refractivity (Wildman–Crippen MR) is 44.4 cm³/mol. The van der Waals surface area contributed by atoms with Crippen molar-refractivity contribution in [1.29, 1.82) is 0 Å². The highest BCUT2D eigenvalue weighted by Crippen LogP contribution is 2.28. The van der Waals surface area contributed by atoms with Crippen molar-refractivity contribution in [1.82, 2.24) is 5.32 Å². The second kappa shape index (κ2) is 3.25. The van der Waals surface area contributed by atoms with E-state index in [4.69, 9.17) is 9.57 Å². The molecular weight excluding hydrogens is 172 g/mol. The van der Waals surface area contributed by atoms with Gasteiger partial charge in [0, 0.05) is 6.92 Å². The van der Waals surface area contributed by atoms with E-state index in [1.807, 2.05) is 0 Å². The summed E-state index contributed by atoms with van der Waals surface area (Å²) >= 11 is 0. The number of amides is 1. The third kappa shape index (κ3) is 1.82. The molecule has 74 valence electrons. The molecule has 2 atom stereocenters. The van der Waals surface area contributed by atoms with Crippen molar-refractivity contribution in [2.45, 2.75) is 13.2 Å². The van der Waals surface area contributed by atoms with Gasteiger partial charge >= 0.3 is 0 Å². The normalized spacial score (nSPS) is 36.5. The van der Waals surface area contributed by atoms with Gasteiger partial charge in [-0.15, -0.1) is 0 Å². The molecule has 3 rings (SSSR count). The van der Waals surface area contributed by atoms with E-state index < -0.39 is 0 Å². The zero-order chi connectivity index (χ0) is 9.31. The van der Waals surface area contributed by atoms with Crippen LogP contribution in [0, 0.1) is 0 Å². The fourth-order valence-electron chi connectivity index (χ4n) is 1.78. The smallest absolute Gasteiger partial charge is 0.268 e. The van der Waals surface area contributed by atoms with Crippen LogP contribution in [-0.2, 0) is 14.4 Å². The van der Waals surface area contributed by atoms with Crippen LogP contribution in [0.3, 0.4) is 0 Å². The van der Waals surface area contributed by atoms with E-state index in [1.165, 1.54) is 6.92 Å². The molecule has 2 bridgehead atoms. The van der Waals surface area contributed by atoms with Crippen LogP contribution in [0.5, 0.6) is 0 Å². The highest BCUT2D eigenvalue weighted by molar-refractivity contribution is 5.72. The number of rotatable bonds is 3. The van der Waals surface area contributed by atoms with Gasteiger partial charge in [-0.3, -0.25) is 4.79 Å². The molecule has 3 heterocycles. The summed E-state index contributed by atoms with van der Waals surface area (Å²) in [5.41, 5.74) is 0. The first-order valence-electron chi connectivity index (χ1n) is 4.61. The van der Waals surface area contributed by atoms with Gasteiger partial charge in [0.2, 0.25) is 5.91 Å². The second-order valence-electron chi connectivity index (χ2n) is 3.58. The highest BCUT2D eigenvalue weighted by atomic mass is 16.9. The summed E-state index contributed by atoms with van der Waals surface area (Å²) in [6.45, 7) is 5.65. The Labute approximate surface area is 77.1 Å². The molecular formula is C8H15N2O3+. The van der Waals surface area contributed by atoms with Crippen molar-refractivity contribution >= 4 is 5.91 Å². The molecule has 3 aliphatic heterocycles. The van der Waals surface area contributed by atoms with Gasteiger partial charge in [-0.2, -0.15) is 9.48 Å². The van der Waals surface area contributed by atoms with Crippen molar-refractivity contribution in [3.8, 4) is 0 Å². The van der Waals surface area contributed by atoms with Gasteiger partial charge in [-0.1, -0.05) is 0 Å². The lowest BCUT2D eigenvalue weighted by Gasteiger charge is -2.50. The van der Waals surface area contributed by atoms with Gasteiger partial charge in [0.25, 0.3) is 6.29 Å². The van der Waals surface area contributed by atoms with Crippen molar-refractivity contribution in [3.05, 3.63) is 0 Å². The maximum Gasteiger partial charge on any atom is 0.268 e. The summed E-state index contributed by atoms with van der Waals surface area (Å²) in [5.74, 6) is 0.0172. The van der Waals surface area contributed by atoms with E-state index in [-0.39, 0.29) is 12.2 Å². The van der Waals surface area contributed by atoms with Crippen LogP contribution in [-0.4, -0.2) is 49.6 Å². The number of ether oxygens (including phenoxy) is 1. The Balaban J connectivity index is 1.72. The number of fused-ring (bicyclic) bond motifs is 2. The first-order chi connectivity index (χ1) is 6.20. The van der Waals surface area contributed by atoms with Crippen LogP contribution < -0.4 is 5.32 Å². The molecule has 5 nitrogen and oxygen atoms in total. The summed E-state index contributed by atoms with van der Waals surface area (Å²) in [5, 5.41) is 2.77. The molecule has 0 aliphatic carbocycles. The fraction of sp³-hybridized carbons (Fsp3) is 0.875. The van der Waals surface area contributed by atoms with Gasteiger partial charge in [0.05, 0.1) is 6.54 Å². The molecule has 3 aliphatic rings. The molecule has 0 aromatic carbocycles. The first kappa shape index (κ1) is 8.93. The Hall–Kier alpha value is -0.650. The average Bonchev–Trinajstić information content (AvgIpc) is 2.03. The minimum absolute atomic E-state index is 0.00563. The topological polar surface area (TPSA) is 47.6 Å². The Morgan fingerprint density at radius 1 is 1.69 bits per heavy atom. The van der Waals surface area contributed by atoms with Crippen molar-refractivity contribution in [3.63, 3.8) is 0 Å². The fourth-order valence-corrected chi connectivity index (χ4v) is 1.78. The number of hydrogen-bond acceptors (Lipinski definition) is 3. The molecule has 0 aromatic heterocycles. The number of carbonyl (C=O) groups is 1. The number of nitrogens with one attached hydrogen (secondary N) is 1. The number of quaternary nitrogens is 1. The Bertz CT molecular complexity index is 208. The molecule has 1 amide bonds. The van der Waals surface area contributed by atoms with Gasteiger partial charge < -0.3 is 10.1 Å². The third-order valence-corrected chi connectivity index (χ3v) is 2.52. The largest absolute Gasteiger partial charge is 0.351 e. The zero-order valence-corrected chi connectivity index (χ0v) is 7.78. The minimum Gasteiger partial charge on any atom is -0.351 e. The molecule has 5 heteroatoms. The lowest BCUT2D eigenvalue weighted by Crippen LogP contribution is -2.71. The molecule has 1 N–H and O–H groups in total. The monoisotopic (exact) mass is 187 g/mol. The molecule has 0 radical (unpaired) electrons. The Morgan fingerprint density at radius 3 is 3.00 bits per heavy atom. The van der Waals surface area contributed by atoms with Gasteiger partial charge in [-0.25, -0.2) is 0 Å². The molecule has 3 saturated heterocycles. The molecule has 0 spiro atoms. The molecule has 0 aromatic rings. The SMILES string of the molecule is CC(=O)NCC[N+]12CCOC(C1)O2. The summed E-state index contributed by atoms with van der Waals surface area (Å²) < 4.78 is 5.93. The first-order valence-corrected chi connectivity index (χ1v) is 4.61. The van der Waals surface area contributed by atoms with Gasteiger partial charge in [0.1, 0.15) is 19.7 Å².